The Balaban J connectivity index is 1.88. The molecule has 4 heteroatoms. The predicted molar refractivity (Wildman–Crippen MR) is 116 cm³/mol. The van der Waals surface area contributed by atoms with Gasteiger partial charge in [0, 0.05) is 6.42 Å². The summed E-state index contributed by atoms with van der Waals surface area (Å²) in [7, 11) is 0. The molecule has 2 aromatic carbocycles. The summed E-state index contributed by atoms with van der Waals surface area (Å²) in [5.41, 5.74) is 3.63. The number of rotatable bonds is 7. The summed E-state index contributed by atoms with van der Waals surface area (Å²) in [5.74, 6) is 0.242. The third-order valence-electron chi connectivity index (χ3n) is 3.99. The third kappa shape index (κ3) is 6.02. The minimum absolute atomic E-state index is 0.0790. The van der Waals surface area contributed by atoms with E-state index >= 15 is 0 Å². The molecule has 0 aliphatic carbocycles. The molecule has 0 saturated carbocycles. The lowest BCUT2D eigenvalue weighted by atomic mass is 10.2. The number of anilines is 1. The van der Waals surface area contributed by atoms with Crippen LogP contribution in [-0.4, -0.2) is 15.9 Å². The van der Waals surface area contributed by atoms with Gasteiger partial charge in [-0.05, 0) is 35.8 Å². The number of benzene rings is 2. The summed E-state index contributed by atoms with van der Waals surface area (Å²) in [6, 6.07) is 21.9. The van der Waals surface area contributed by atoms with Gasteiger partial charge < -0.3 is 0 Å². The van der Waals surface area contributed by atoms with Crippen molar-refractivity contribution in [1.82, 2.24) is 9.97 Å². The molecule has 0 spiro atoms. The van der Waals surface area contributed by atoms with Gasteiger partial charge in [0.05, 0.1) is 11.4 Å². The molecule has 3 aromatic rings. The first-order valence-electron chi connectivity index (χ1n) is 9.38. The van der Waals surface area contributed by atoms with E-state index in [1.807, 2.05) is 98.0 Å². The van der Waals surface area contributed by atoms with Gasteiger partial charge in [-0.3, -0.25) is 10.1 Å². The molecule has 0 saturated heterocycles. The fourth-order valence-corrected chi connectivity index (χ4v) is 2.62. The Kier molecular flexibility index (Phi) is 6.85. The average molecular weight is 369 g/mol. The Morgan fingerprint density at radius 1 is 0.821 bits per heavy atom. The Morgan fingerprint density at radius 2 is 1.32 bits per heavy atom. The second-order valence-corrected chi connectivity index (χ2v) is 6.33. The van der Waals surface area contributed by atoms with Crippen molar-refractivity contribution in [3.05, 3.63) is 89.2 Å². The average Bonchev–Trinajstić information content (AvgIpc) is 2.72. The lowest BCUT2D eigenvalue weighted by molar-refractivity contribution is -0.116. The monoisotopic (exact) mass is 369 g/mol. The fraction of sp³-hybridized carbons (Fsp3) is 0.125. The third-order valence-corrected chi connectivity index (χ3v) is 3.99. The number of nitrogens with one attached hydrogen (secondary N) is 1. The van der Waals surface area contributed by atoms with E-state index in [1.54, 1.807) is 0 Å². The second-order valence-electron chi connectivity index (χ2n) is 6.33. The molecule has 4 nitrogen and oxygen atoms in total. The van der Waals surface area contributed by atoms with Gasteiger partial charge in [0.15, 0.2) is 0 Å². The molecule has 0 aliphatic rings. The van der Waals surface area contributed by atoms with Crippen molar-refractivity contribution in [1.29, 1.82) is 0 Å². The molecule has 1 aromatic heterocycles. The highest BCUT2D eigenvalue weighted by molar-refractivity contribution is 5.89. The first-order chi connectivity index (χ1) is 13.7. The Labute approximate surface area is 165 Å². The normalized spacial score (nSPS) is 11.2. The van der Waals surface area contributed by atoms with E-state index in [9.17, 15) is 4.79 Å². The zero-order valence-corrected chi connectivity index (χ0v) is 15.9. The minimum atomic E-state index is -0.0790. The molecule has 1 amide bonds. The van der Waals surface area contributed by atoms with Gasteiger partial charge >= 0.3 is 0 Å². The van der Waals surface area contributed by atoms with Gasteiger partial charge in [-0.15, -0.1) is 0 Å². The number of carbonyl (C=O) groups excluding carboxylic acids is 1. The van der Waals surface area contributed by atoms with Crippen LogP contribution in [0.4, 0.5) is 5.95 Å². The van der Waals surface area contributed by atoms with Crippen LogP contribution in [0.2, 0.25) is 0 Å². The van der Waals surface area contributed by atoms with Crippen molar-refractivity contribution in [2.75, 3.05) is 5.32 Å². The molecule has 0 fully saturated rings. The van der Waals surface area contributed by atoms with Crippen LogP contribution in [0.1, 0.15) is 42.3 Å². The number of aromatic nitrogens is 2. The van der Waals surface area contributed by atoms with Crippen LogP contribution in [-0.2, 0) is 4.79 Å². The van der Waals surface area contributed by atoms with Crippen LogP contribution in [0.25, 0.3) is 24.3 Å². The quantitative estimate of drug-likeness (QED) is 0.593. The molecule has 28 heavy (non-hydrogen) atoms. The number of hydrogen-bond donors (Lipinski definition) is 1. The molecule has 1 heterocycles. The smallest absolute Gasteiger partial charge is 0.230 e. The summed E-state index contributed by atoms with van der Waals surface area (Å²) in [6.45, 7) is 1.97. The van der Waals surface area contributed by atoms with Crippen LogP contribution in [0, 0.1) is 0 Å². The van der Waals surface area contributed by atoms with Crippen molar-refractivity contribution in [3.8, 4) is 0 Å². The van der Waals surface area contributed by atoms with Gasteiger partial charge in [0.2, 0.25) is 11.9 Å². The van der Waals surface area contributed by atoms with E-state index in [0.717, 1.165) is 28.9 Å². The van der Waals surface area contributed by atoms with E-state index < -0.39 is 0 Å². The first-order valence-corrected chi connectivity index (χ1v) is 9.38. The van der Waals surface area contributed by atoms with Crippen LogP contribution >= 0.6 is 0 Å². The molecule has 140 valence electrons. The lowest BCUT2D eigenvalue weighted by Gasteiger charge is -2.05. The molecular formula is C24H23N3O. The number of amides is 1. The van der Waals surface area contributed by atoms with Crippen LogP contribution < -0.4 is 5.32 Å². The predicted octanol–water partition coefficient (Wildman–Crippen LogP) is 5.56. The molecule has 0 radical (unpaired) electrons. The number of carbonyl (C=O) groups is 1. The maximum absolute atomic E-state index is 12.0. The summed E-state index contributed by atoms with van der Waals surface area (Å²) in [4.78, 5) is 20.9. The van der Waals surface area contributed by atoms with Crippen LogP contribution in [0.3, 0.4) is 0 Å². The highest BCUT2D eigenvalue weighted by atomic mass is 16.1. The zero-order chi connectivity index (χ0) is 19.6. The van der Waals surface area contributed by atoms with Crippen molar-refractivity contribution in [3.63, 3.8) is 0 Å². The highest BCUT2D eigenvalue weighted by Gasteiger charge is 2.06. The Bertz CT molecular complexity index is 896. The first kappa shape index (κ1) is 19.2. The van der Waals surface area contributed by atoms with Crippen molar-refractivity contribution < 1.29 is 4.79 Å². The SMILES string of the molecule is CCCC(=O)Nc1nc(/C=C/c2ccccc2)cc(/C=C/c2ccccc2)n1. The molecule has 0 aliphatic heterocycles. The summed E-state index contributed by atoms with van der Waals surface area (Å²) in [5, 5.41) is 2.79. The molecule has 0 unspecified atom stereocenters. The summed E-state index contributed by atoms with van der Waals surface area (Å²) >= 11 is 0. The largest absolute Gasteiger partial charge is 0.294 e. The number of hydrogen-bond acceptors (Lipinski definition) is 3. The molecule has 1 N–H and O–H groups in total. The van der Waals surface area contributed by atoms with E-state index in [0.29, 0.717) is 12.4 Å². The highest BCUT2D eigenvalue weighted by Crippen LogP contribution is 2.13. The van der Waals surface area contributed by atoms with Gasteiger partial charge in [0.25, 0.3) is 0 Å². The maximum atomic E-state index is 12.0. The van der Waals surface area contributed by atoms with Gasteiger partial charge in [0.1, 0.15) is 0 Å². The lowest BCUT2D eigenvalue weighted by Crippen LogP contribution is -2.14. The second kappa shape index (κ2) is 9.97. The standard InChI is InChI=1S/C24H23N3O/c1-2-9-23(28)27-24-25-21(16-14-19-10-5-3-6-11-19)18-22(26-24)17-15-20-12-7-4-8-13-20/h3-8,10-18H,2,9H2,1H3,(H,25,26,27,28)/b16-14+,17-15+. The van der Waals surface area contributed by atoms with Gasteiger partial charge in [-0.2, -0.15) is 0 Å². The van der Waals surface area contributed by atoms with E-state index in [-0.39, 0.29) is 5.91 Å². The number of nitrogens with zero attached hydrogens (tertiary/aromatic N) is 2. The molecular weight excluding hydrogens is 346 g/mol. The van der Waals surface area contributed by atoms with Crippen molar-refractivity contribution in [2.45, 2.75) is 19.8 Å². The Hall–Kier alpha value is -3.53. The van der Waals surface area contributed by atoms with Crippen molar-refractivity contribution in [2.24, 2.45) is 0 Å². The van der Waals surface area contributed by atoms with E-state index in [2.05, 4.69) is 15.3 Å². The molecule has 0 bridgehead atoms. The van der Waals surface area contributed by atoms with Crippen LogP contribution in [0.15, 0.2) is 66.7 Å². The summed E-state index contributed by atoms with van der Waals surface area (Å²) in [6.07, 6.45) is 9.05. The molecule has 0 atom stereocenters. The van der Waals surface area contributed by atoms with Gasteiger partial charge in [-0.25, -0.2) is 9.97 Å². The topological polar surface area (TPSA) is 54.9 Å². The molecule has 3 rings (SSSR count). The maximum Gasteiger partial charge on any atom is 0.230 e. The zero-order valence-electron chi connectivity index (χ0n) is 15.9. The van der Waals surface area contributed by atoms with E-state index in [4.69, 9.17) is 0 Å². The van der Waals surface area contributed by atoms with Crippen LogP contribution in [0.5, 0.6) is 0 Å². The van der Waals surface area contributed by atoms with Crippen molar-refractivity contribution >= 4 is 36.2 Å². The Morgan fingerprint density at radius 3 is 1.79 bits per heavy atom. The van der Waals surface area contributed by atoms with Gasteiger partial charge in [-0.1, -0.05) is 79.7 Å². The van der Waals surface area contributed by atoms with E-state index in [1.165, 1.54) is 0 Å². The minimum Gasteiger partial charge on any atom is -0.294 e. The summed E-state index contributed by atoms with van der Waals surface area (Å²) < 4.78 is 0. The fourth-order valence-electron chi connectivity index (χ4n) is 2.62.